The minimum absolute atomic E-state index is 0.121. The Morgan fingerprint density at radius 1 is 0.971 bits per heavy atom. The number of hydrogen-bond donors (Lipinski definition) is 1. The molecule has 0 spiro atoms. The molecule has 2 heterocycles. The predicted molar refractivity (Wildman–Crippen MR) is 149 cm³/mol. The Kier molecular flexibility index (Phi) is 7.43. The van der Waals surface area contributed by atoms with Crippen molar-refractivity contribution in [2.75, 3.05) is 0 Å². The maximum absolute atomic E-state index is 13.3. The van der Waals surface area contributed by atoms with Gasteiger partial charge in [-0.3, -0.25) is 0 Å². The number of carbonyl (C=O) groups is 1. The Morgan fingerprint density at radius 3 is 2.37 bits per heavy atom. The summed E-state index contributed by atoms with van der Waals surface area (Å²) in [5.74, 6) is -0.121. The Balaban J connectivity index is 1.51. The van der Waals surface area contributed by atoms with E-state index < -0.39 is 15.0 Å². The summed E-state index contributed by atoms with van der Waals surface area (Å²) in [5, 5.41) is 9.79. The van der Waals surface area contributed by atoms with E-state index in [0.29, 0.717) is 21.4 Å². The molecule has 1 aromatic heterocycles. The Labute approximate surface area is 226 Å². The van der Waals surface area contributed by atoms with Crippen LogP contribution >= 0.6 is 34.8 Å². The summed E-state index contributed by atoms with van der Waals surface area (Å²) >= 11 is 18.2. The first-order valence-corrected chi connectivity index (χ1v) is 14.9. The first-order valence-electron chi connectivity index (χ1n) is 11.7. The fourth-order valence-electron chi connectivity index (χ4n) is 4.69. The van der Waals surface area contributed by atoms with E-state index in [9.17, 15) is 4.79 Å². The quantitative estimate of drug-likeness (QED) is 0.332. The monoisotopic (exact) mass is 593 g/mol. The average molecular weight is 594 g/mol. The number of rotatable bonds is 5. The normalized spacial score (nSPS) is 17.4. The predicted octanol–water partition coefficient (Wildman–Crippen LogP) is 6.77. The topological polar surface area (TPSA) is 46.9 Å². The zero-order valence-corrected chi connectivity index (χ0v) is 23.6. The number of allylic oxidation sites excluding steroid dienone is 2. The molecule has 1 N–H and O–H groups in total. The number of hydrogen-bond acceptors (Lipinski definition) is 2. The number of halogens is 3. The number of amides is 1. The van der Waals surface area contributed by atoms with Crippen molar-refractivity contribution in [3.63, 3.8) is 0 Å². The molecule has 8 heteroatoms. The van der Waals surface area contributed by atoms with Crippen LogP contribution in [0.2, 0.25) is 15.1 Å². The average Bonchev–Trinajstić information content (AvgIpc) is 3.45. The van der Waals surface area contributed by atoms with Crippen molar-refractivity contribution in [2.45, 2.75) is 45.1 Å². The first-order chi connectivity index (χ1) is 16.9. The molecule has 0 atom stereocenters. The van der Waals surface area contributed by atoms with Gasteiger partial charge >= 0.3 is 227 Å². The molecule has 2 aromatic carbocycles. The third-order valence-electron chi connectivity index (χ3n) is 6.51. The molecule has 1 saturated carbocycles. The third kappa shape index (κ3) is 5.26. The van der Waals surface area contributed by atoms with Crippen LogP contribution in [0, 0.1) is 6.92 Å². The van der Waals surface area contributed by atoms with Gasteiger partial charge in [0.2, 0.25) is 0 Å². The second-order valence-electron chi connectivity index (χ2n) is 8.93. The Bertz CT molecular complexity index is 1340. The summed E-state index contributed by atoms with van der Waals surface area (Å²) in [6.45, 7) is 1.98. The Hall–Kier alpha value is -2.01. The summed E-state index contributed by atoms with van der Waals surface area (Å²) < 4.78 is 4.32. The van der Waals surface area contributed by atoms with Gasteiger partial charge in [0, 0.05) is 0 Å². The molecule has 0 unspecified atom stereocenters. The van der Waals surface area contributed by atoms with Crippen molar-refractivity contribution in [1.82, 2.24) is 15.1 Å². The van der Waals surface area contributed by atoms with Crippen molar-refractivity contribution < 1.29 is 4.79 Å². The van der Waals surface area contributed by atoms with Gasteiger partial charge in [0.15, 0.2) is 0 Å². The number of aromatic nitrogens is 2. The maximum atomic E-state index is 13.3. The Morgan fingerprint density at radius 2 is 1.66 bits per heavy atom. The van der Waals surface area contributed by atoms with Crippen molar-refractivity contribution in [2.24, 2.45) is 0 Å². The number of carbonyl (C=O) groups excluding carboxylic acids is 1. The van der Waals surface area contributed by atoms with Crippen LogP contribution in [0.1, 0.15) is 59.4 Å². The van der Waals surface area contributed by atoms with E-state index in [2.05, 4.69) is 29.6 Å². The van der Waals surface area contributed by atoms with Crippen molar-refractivity contribution in [1.29, 1.82) is 0 Å². The third-order valence-corrected chi connectivity index (χ3v) is 10.2. The summed E-state index contributed by atoms with van der Waals surface area (Å²) in [4.78, 5) is 13.3. The second kappa shape index (κ2) is 10.5. The van der Waals surface area contributed by atoms with Gasteiger partial charge in [0.25, 0.3) is 0 Å². The molecule has 1 amide bonds. The molecular weight excluding hydrogens is 568 g/mol. The van der Waals surface area contributed by atoms with Crippen LogP contribution in [0.15, 0.2) is 54.6 Å². The van der Waals surface area contributed by atoms with Crippen LogP contribution < -0.4 is 5.32 Å². The zero-order chi connectivity index (χ0) is 24.5. The molecule has 3 aromatic rings. The second-order valence-corrected chi connectivity index (χ2v) is 13.0. The van der Waals surface area contributed by atoms with Crippen LogP contribution in [-0.4, -0.2) is 36.7 Å². The SMILES string of the molecule is Cc1c(C(=O)NC2CCCCC2)nn(-c2ccc(Cl)cc2Cl)c1C1=CC=C(c2ccc(Cl)cc2)[SeH2]1. The molecule has 0 saturated heterocycles. The van der Waals surface area contributed by atoms with Crippen molar-refractivity contribution in [3.05, 3.63) is 92.2 Å². The van der Waals surface area contributed by atoms with Gasteiger partial charge in [0.05, 0.1) is 0 Å². The van der Waals surface area contributed by atoms with Crippen LogP contribution in [0.5, 0.6) is 0 Å². The van der Waals surface area contributed by atoms with E-state index in [-0.39, 0.29) is 11.9 Å². The molecule has 0 bridgehead atoms. The van der Waals surface area contributed by atoms with E-state index >= 15 is 0 Å². The molecule has 182 valence electrons. The number of benzene rings is 2. The van der Waals surface area contributed by atoms with Crippen LogP contribution in [0.3, 0.4) is 0 Å². The summed E-state index contributed by atoms with van der Waals surface area (Å²) in [7, 11) is 0. The summed E-state index contributed by atoms with van der Waals surface area (Å²) in [6.07, 6.45) is 9.90. The summed E-state index contributed by atoms with van der Waals surface area (Å²) in [5.41, 5.74) is 4.12. The molecule has 4 nitrogen and oxygen atoms in total. The van der Waals surface area contributed by atoms with Gasteiger partial charge in [-0.15, -0.1) is 0 Å². The van der Waals surface area contributed by atoms with Crippen LogP contribution in [-0.2, 0) is 0 Å². The minimum atomic E-state index is -0.671. The van der Waals surface area contributed by atoms with Gasteiger partial charge in [-0.05, 0) is 0 Å². The fraction of sp³-hybridized carbons (Fsp3) is 0.259. The van der Waals surface area contributed by atoms with E-state index in [0.717, 1.165) is 42.0 Å². The fourth-order valence-corrected chi connectivity index (χ4v) is 8.13. The van der Waals surface area contributed by atoms with Gasteiger partial charge < -0.3 is 0 Å². The number of nitrogens with one attached hydrogen (secondary N) is 1. The standard InChI is InChI=1S/C27H26Cl3N3OSe/c1-16-25(27(34)31-20-5-3-2-4-6-20)32-33(22-12-11-19(29)15-21(22)30)26(16)24-14-13-23(35-24)17-7-9-18(28)10-8-17/h7-15,20H,2-6,35H2,1H3,(H,31,34). The molecule has 1 aliphatic heterocycles. The van der Waals surface area contributed by atoms with Crippen LogP contribution in [0.25, 0.3) is 14.6 Å². The van der Waals surface area contributed by atoms with E-state index in [1.54, 1.807) is 12.1 Å². The first kappa shape index (κ1) is 24.7. The molecule has 2 aliphatic rings. The van der Waals surface area contributed by atoms with E-state index in [1.807, 2.05) is 29.8 Å². The van der Waals surface area contributed by atoms with Gasteiger partial charge in [-0.1, -0.05) is 0 Å². The molecule has 5 rings (SSSR count). The number of nitrogens with zero attached hydrogens (tertiary/aromatic N) is 2. The van der Waals surface area contributed by atoms with Crippen molar-refractivity contribution >= 4 is 64.6 Å². The van der Waals surface area contributed by atoms with E-state index in [1.165, 1.54) is 20.9 Å². The van der Waals surface area contributed by atoms with E-state index in [4.69, 9.17) is 39.9 Å². The van der Waals surface area contributed by atoms with Gasteiger partial charge in [-0.2, -0.15) is 0 Å². The van der Waals surface area contributed by atoms with Crippen molar-refractivity contribution in [3.8, 4) is 5.69 Å². The molecule has 1 fully saturated rings. The summed E-state index contributed by atoms with van der Waals surface area (Å²) in [6, 6.07) is 13.5. The molecule has 1 aliphatic carbocycles. The molecule has 0 radical (unpaired) electrons. The molecular formula is C27H26Cl3N3OSe. The molecule has 35 heavy (non-hydrogen) atoms. The van der Waals surface area contributed by atoms with Gasteiger partial charge in [0.1, 0.15) is 0 Å². The zero-order valence-electron chi connectivity index (χ0n) is 19.2. The van der Waals surface area contributed by atoms with Gasteiger partial charge in [-0.25, -0.2) is 0 Å². The van der Waals surface area contributed by atoms with Crippen LogP contribution in [0.4, 0.5) is 0 Å².